The third-order valence-corrected chi connectivity index (χ3v) is 3.00. The molecule has 0 N–H and O–H groups in total. The van der Waals surface area contributed by atoms with Gasteiger partial charge in [-0.05, 0) is 12.8 Å². The van der Waals surface area contributed by atoms with Gasteiger partial charge in [-0.2, -0.15) is 5.10 Å². The maximum absolute atomic E-state index is 11.0. The van der Waals surface area contributed by atoms with E-state index in [2.05, 4.69) is 23.8 Å². The molecule has 1 rings (SSSR count). The number of carbonyl (C=O) groups excluding carboxylic acids is 1. The monoisotopic (exact) mass is 223 g/mol. The molecule has 1 atom stereocenters. The fourth-order valence-electron chi connectivity index (χ4n) is 1.94. The van der Waals surface area contributed by atoms with Gasteiger partial charge in [0.1, 0.15) is 5.82 Å². The lowest BCUT2D eigenvalue weighted by molar-refractivity contribution is 0.112. The molecule has 1 unspecified atom stereocenters. The molecule has 16 heavy (non-hydrogen) atoms. The van der Waals surface area contributed by atoms with Crippen molar-refractivity contribution in [3.05, 3.63) is 11.3 Å². The first-order chi connectivity index (χ1) is 7.51. The second-order valence-corrected chi connectivity index (χ2v) is 4.46. The first-order valence-electron chi connectivity index (χ1n) is 5.71. The largest absolute Gasteiger partial charge is 0.359 e. The number of anilines is 1. The van der Waals surface area contributed by atoms with Gasteiger partial charge in [0.05, 0.1) is 11.3 Å². The average molecular weight is 223 g/mol. The summed E-state index contributed by atoms with van der Waals surface area (Å²) in [6, 6.07) is 0. The van der Waals surface area contributed by atoms with Crippen LogP contribution in [0.3, 0.4) is 0 Å². The van der Waals surface area contributed by atoms with Crippen molar-refractivity contribution < 1.29 is 4.79 Å². The topological polar surface area (TPSA) is 38.1 Å². The van der Waals surface area contributed by atoms with E-state index in [-0.39, 0.29) is 0 Å². The SMILES string of the molecule is CCC(C)CN(C)c1c(C=O)c(C)nn1C. The maximum atomic E-state index is 11.0. The van der Waals surface area contributed by atoms with Gasteiger partial charge in [0.15, 0.2) is 6.29 Å². The predicted octanol–water partition coefficient (Wildman–Crippen LogP) is 2.02. The van der Waals surface area contributed by atoms with Gasteiger partial charge in [-0.15, -0.1) is 0 Å². The normalized spacial score (nSPS) is 12.6. The molecule has 0 radical (unpaired) electrons. The Balaban J connectivity index is 2.98. The fourth-order valence-corrected chi connectivity index (χ4v) is 1.94. The first kappa shape index (κ1) is 12.7. The Morgan fingerprint density at radius 1 is 1.56 bits per heavy atom. The molecule has 1 aromatic rings. The average Bonchev–Trinajstić information content (AvgIpc) is 2.52. The summed E-state index contributed by atoms with van der Waals surface area (Å²) in [4.78, 5) is 13.2. The van der Waals surface area contributed by atoms with Crippen LogP contribution in [0, 0.1) is 12.8 Å². The summed E-state index contributed by atoms with van der Waals surface area (Å²) >= 11 is 0. The second kappa shape index (κ2) is 5.14. The number of carbonyl (C=O) groups is 1. The summed E-state index contributed by atoms with van der Waals surface area (Å²) in [5.41, 5.74) is 1.50. The molecular formula is C12H21N3O. The zero-order valence-corrected chi connectivity index (χ0v) is 10.8. The maximum Gasteiger partial charge on any atom is 0.155 e. The van der Waals surface area contributed by atoms with Gasteiger partial charge in [-0.3, -0.25) is 9.48 Å². The van der Waals surface area contributed by atoms with Crippen LogP contribution < -0.4 is 4.90 Å². The summed E-state index contributed by atoms with van der Waals surface area (Å²) in [6.07, 6.45) is 2.03. The lowest BCUT2D eigenvalue weighted by atomic mass is 10.1. The molecule has 0 saturated carbocycles. The number of rotatable bonds is 5. The highest BCUT2D eigenvalue weighted by Gasteiger charge is 2.17. The van der Waals surface area contributed by atoms with Crippen LogP contribution in [0.2, 0.25) is 0 Å². The minimum absolute atomic E-state index is 0.611. The van der Waals surface area contributed by atoms with Crippen molar-refractivity contribution in [2.75, 3.05) is 18.5 Å². The van der Waals surface area contributed by atoms with E-state index in [1.165, 1.54) is 0 Å². The number of hydrogen-bond acceptors (Lipinski definition) is 3. The highest BCUT2D eigenvalue weighted by atomic mass is 16.1. The zero-order chi connectivity index (χ0) is 12.3. The number of nitrogens with zero attached hydrogens (tertiary/aromatic N) is 3. The smallest absolute Gasteiger partial charge is 0.155 e. The molecule has 0 saturated heterocycles. The van der Waals surface area contributed by atoms with Crippen molar-refractivity contribution in [2.45, 2.75) is 27.2 Å². The summed E-state index contributed by atoms with van der Waals surface area (Å²) in [5, 5.41) is 4.28. The van der Waals surface area contributed by atoms with E-state index in [1.54, 1.807) is 4.68 Å². The van der Waals surface area contributed by atoms with Crippen LogP contribution >= 0.6 is 0 Å². The van der Waals surface area contributed by atoms with Crippen molar-refractivity contribution in [1.82, 2.24) is 9.78 Å². The molecule has 90 valence electrons. The van der Waals surface area contributed by atoms with Crippen molar-refractivity contribution in [3.63, 3.8) is 0 Å². The predicted molar refractivity (Wildman–Crippen MR) is 66.1 cm³/mol. The molecule has 0 aromatic carbocycles. The van der Waals surface area contributed by atoms with Crippen molar-refractivity contribution in [2.24, 2.45) is 13.0 Å². The molecule has 4 heteroatoms. The Kier molecular flexibility index (Phi) is 4.10. The molecule has 0 aliphatic carbocycles. The van der Waals surface area contributed by atoms with E-state index in [1.807, 2.05) is 21.0 Å². The highest BCUT2D eigenvalue weighted by molar-refractivity contribution is 5.84. The minimum atomic E-state index is 0.611. The van der Waals surface area contributed by atoms with Gasteiger partial charge in [-0.25, -0.2) is 0 Å². The number of hydrogen-bond donors (Lipinski definition) is 0. The second-order valence-electron chi connectivity index (χ2n) is 4.46. The highest BCUT2D eigenvalue weighted by Crippen LogP contribution is 2.21. The Morgan fingerprint density at radius 3 is 2.69 bits per heavy atom. The Bertz CT molecular complexity index is 371. The van der Waals surface area contributed by atoms with E-state index in [0.717, 1.165) is 30.8 Å². The fraction of sp³-hybridized carbons (Fsp3) is 0.667. The van der Waals surface area contributed by atoms with Crippen LogP contribution in [0.1, 0.15) is 36.3 Å². The lowest BCUT2D eigenvalue weighted by Gasteiger charge is -2.23. The quantitative estimate of drug-likeness (QED) is 0.717. The van der Waals surface area contributed by atoms with Gasteiger partial charge in [0.25, 0.3) is 0 Å². The molecule has 0 bridgehead atoms. The molecular weight excluding hydrogens is 202 g/mol. The summed E-state index contributed by atoms with van der Waals surface area (Å²) < 4.78 is 1.78. The van der Waals surface area contributed by atoms with Gasteiger partial charge in [-0.1, -0.05) is 20.3 Å². The molecule has 0 aliphatic rings. The minimum Gasteiger partial charge on any atom is -0.359 e. The van der Waals surface area contributed by atoms with Crippen LogP contribution in [0.4, 0.5) is 5.82 Å². The molecule has 0 spiro atoms. The molecule has 0 aliphatic heterocycles. The standard InChI is InChI=1S/C12H21N3O/c1-6-9(2)7-14(4)12-11(8-16)10(3)13-15(12)5/h8-9H,6-7H2,1-5H3. The van der Waals surface area contributed by atoms with Crippen LogP contribution in [0.25, 0.3) is 0 Å². The Hall–Kier alpha value is -1.32. The lowest BCUT2D eigenvalue weighted by Crippen LogP contribution is -2.26. The van der Waals surface area contributed by atoms with E-state index in [9.17, 15) is 4.79 Å². The van der Waals surface area contributed by atoms with Crippen molar-refractivity contribution in [1.29, 1.82) is 0 Å². The summed E-state index contributed by atoms with van der Waals surface area (Å²) in [6.45, 7) is 7.19. The van der Waals surface area contributed by atoms with Crippen LogP contribution in [-0.2, 0) is 7.05 Å². The molecule has 1 heterocycles. The van der Waals surface area contributed by atoms with Gasteiger partial charge >= 0.3 is 0 Å². The van der Waals surface area contributed by atoms with E-state index < -0.39 is 0 Å². The zero-order valence-electron chi connectivity index (χ0n) is 10.8. The van der Waals surface area contributed by atoms with E-state index >= 15 is 0 Å². The molecule has 0 amide bonds. The Morgan fingerprint density at radius 2 is 2.19 bits per heavy atom. The van der Waals surface area contributed by atoms with Crippen LogP contribution in [0.15, 0.2) is 0 Å². The van der Waals surface area contributed by atoms with Crippen LogP contribution in [-0.4, -0.2) is 29.7 Å². The number of aromatic nitrogens is 2. The first-order valence-corrected chi connectivity index (χ1v) is 5.71. The van der Waals surface area contributed by atoms with E-state index in [4.69, 9.17) is 0 Å². The molecule has 4 nitrogen and oxygen atoms in total. The summed E-state index contributed by atoms with van der Waals surface area (Å²) in [5.74, 6) is 1.52. The molecule has 1 aromatic heterocycles. The summed E-state index contributed by atoms with van der Waals surface area (Å²) in [7, 11) is 3.89. The van der Waals surface area contributed by atoms with Gasteiger partial charge in [0.2, 0.25) is 0 Å². The van der Waals surface area contributed by atoms with Gasteiger partial charge in [0, 0.05) is 20.6 Å². The number of aldehydes is 1. The van der Waals surface area contributed by atoms with E-state index in [0.29, 0.717) is 11.5 Å². The third-order valence-electron chi connectivity index (χ3n) is 3.00. The molecule has 0 fully saturated rings. The van der Waals surface area contributed by atoms with Crippen LogP contribution in [0.5, 0.6) is 0 Å². The third kappa shape index (κ3) is 2.43. The Labute approximate surface area is 97.2 Å². The number of aryl methyl sites for hydroxylation is 2. The van der Waals surface area contributed by atoms with Crippen molar-refractivity contribution >= 4 is 12.1 Å². The van der Waals surface area contributed by atoms with Crippen molar-refractivity contribution in [3.8, 4) is 0 Å². The van der Waals surface area contributed by atoms with Gasteiger partial charge < -0.3 is 4.90 Å².